The summed E-state index contributed by atoms with van der Waals surface area (Å²) in [6.45, 7) is 5.37. The topological polar surface area (TPSA) is 102 Å². The molecule has 0 aliphatic carbocycles. The van der Waals surface area contributed by atoms with Crippen LogP contribution < -0.4 is 25.0 Å². The Morgan fingerprint density at radius 2 is 1.73 bits per heavy atom. The van der Waals surface area contributed by atoms with Crippen LogP contribution in [-0.2, 0) is 25.8 Å². The molecule has 0 radical (unpaired) electrons. The third-order valence-electron chi connectivity index (χ3n) is 8.15. The van der Waals surface area contributed by atoms with E-state index in [9.17, 15) is 13.2 Å². The van der Waals surface area contributed by atoms with E-state index < -0.39 is 18.0 Å². The maximum atomic E-state index is 13.3. The van der Waals surface area contributed by atoms with Crippen molar-refractivity contribution in [3.8, 4) is 11.5 Å². The van der Waals surface area contributed by atoms with Gasteiger partial charge in [0, 0.05) is 66.7 Å². The molecule has 0 amide bonds. The molecule has 0 bridgehead atoms. The van der Waals surface area contributed by atoms with E-state index >= 15 is 0 Å². The first kappa shape index (κ1) is 30.0. The summed E-state index contributed by atoms with van der Waals surface area (Å²) in [6.07, 6.45) is -0.950. The first-order valence-corrected chi connectivity index (χ1v) is 14.5. The Hall–Kier alpha value is -5.07. The lowest BCUT2D eigenvalue weighted by molar-refractivity contribution is -0.147. The molecule has 1 unspecified atom stereocenters. The van der Waals surface area contributed by atoms with Crippen molar-refractivity contribution in [1.82, 2.24) is 24.7 Å². The molecule has 13 heteroatoms. The third kappa shape index (κ3) is 5.89. The highest BCUT2D eigenvalue weighted by atomic mass is 19.4. The van der Waals surface area contributed by atoms with E-state index in [-0.39, 0.29) is 12.4 Å². The Morgan fingerprint density at radius 1 is 0.911 bits per heavy atom. The van der Waals surface area contributed by atoms with Crippen molar-refractivity contribution in [3.63, 3.8) is 0 Å². The molecule has 2 aromatic carbocycles. The second-order valence-corrected chi connectivity index (χ2v) is 10.8. The molecule has 0 fully saturated rings. The molecular formula is C32H33F3N8O2. The van der Waals surface area contributed by atoms with Crippen molar-refractivity contribution in [2.45, 2.75) is 45.7 Å². The Kier molecular flexibility index (Phi) is 8.09. The van der Waals surface area contributed by atoms with Crippen molar-refractivity contribution in [3.05, 3.63) is 89.3 Å². The number of aromatic nitrogens is 5. The van der Waals surface area contributed by atoms with Gasteiger partial charge in [-0.1, -0.05) is 12.1 Å². The zero-order valence-electron chi connectivity index (χ0n) is 25.3. The molecule has 5 aromatic rings. The molecule has 234 valence electrons. The van der Waals surface area contributed by atoms with Gasteiger partial charge in [-0.2, -0.15) is 13.2 Å². The summed E-state index contributed by atoms with van der Waals surface area (Å²) in [5.41, 5.74) is 3.94. The summed E-state index contributed by atoms with van der Waals surface area (Å²) in [7, 11) is 3.26. The smallest absolute Gasteiger partial charge is 0.451 e. The van der Waals surface area contributed by atoms with Crippen LogP contribution in [0.3, 0.4) is 0 Å². The Morgan fingerprint density at radius 3 is 2.49 bits per heavy atom. The van der Waals surface area contributed by atoms with Crippen molar-refractivity contribution >= 4 is 28.1 Å². The molecule has 0 saturated carbocycles. The molecule has 10 nitrogen and oxygen atoms in total. The van der Waals surface area contributed by atoms with Crippen molar-refractivity contribution in [1.29, 1.82) is 0 Å². The van der Waals surface area contributed by atoms with Crippen LogP contribution in [-0.4, -0.2) is 45.5 Å². The standard InChI is InChI=1S/C32H33F3N8O2/c1-19-14-28(42-12-13-43-30(20(42)2)40-41-31(43)32(33,34)35)38-18-22(19)17-37-26-7-5-6-25-24(26)10-11-36-29(25)39-16-21-8-9-23(44-3)15-27(21)45-4/h5-11,14-15,18,20,37H,12-13,16-17H2,1-4H3,(H,36,39). The molecule has 6 rings (SSSR count). The quantitative estimate of drug-likeness (QED) is 0.195. The molecular weight excluding hydrogens is 585 g/mol. The zero-order chi connectivity index (χ0) is 31.7. The summed E-state index contributed by atoms with van der Waals surface area (Å²) in [4.78, 5) is 11.2. The second kappa shape index (κ2) is 12.1. The number of halogens is 3. The first-order valence-electron chi connectivity index (χ1n) is 14.5. The van der Waals surface area contributed by atoms with Gasteiger partial charge < -0.3 is 29.6 Å². The molecule has 1 atom stereocenters. The highest BCUT2D eigenvalue weighted by Crippen LogP contribution is 2.35. The summed E-state index contributed by atoms with van der Waals surface area (Å²) in [6, 6.07) is 15.3. The van der Waals surface area contributed by atoms with E-state index in [2.05, 4.69) is 30.8 Å². The molecule has 4 heterocycles. The van der Waals surface area contributed by atoms with Crippen LogP contribution in [0, 0.1) is 6.92 Å². The minimum absolute atomic E-state index is 0.131. The summed E-state index contributed by atoms with van der Waals surface area (Å²) in [5.74, 6) is 2.22. The van der Waals surface area contributed by atoms with E-state index in [1.165, 1.54) is 0 Å². The van der Waals surface area contributed by atoms with Gasteiger partial charge >= 0.3 is 6.18 Å². The van der Waals surface area contributed by atoms with Crippen LogP contribution in [0.25, 0.3) is 10.8 Å². The van der Waals surface area contributed by atoms with Gasteiger partial charge in [0.2, 0.25) is 5.82 Å². The number of fused-ring (bicyclic) bond motifs is 2. The van der Waals surface area contributed by atoms with E-state index in [1.54, 1.807) is 20.4 Å². The number of alkyl halides is 3. The Balaban J connectivity index is 1.16. The minimum atomic E-state index is -4.54. The summed E-state index contributed by atoms with van der Waals surface area (Å²) >= 11 is 0. The predicted molar refractivity (Wildman–Crippen MR) is 166 cm³/mol. The van der Waals surface area contributed by atoms with Crippen LogP contribution >= 0.6 is 0 Å². The number of anilines is 3. The molecule has 45 heavy (non-hydrogen) atoms. The molecule has 0 spiro atoms. The zero-order valence-corrected chi connectivity index (χ0v) is 25.3. The highest BCUT2D eigenvalue weighted by Gasteiger charge is 2.41. The summed E-state index contributed by atoms with van der Waals surface area (Å²) in [5, 5.41) is 16.2. The van der Waals surface area contributed by atoms with Crippen LogP contribution in [0.4, 0.5) is 30.5 Å². The van der Waals surface area contributed by atoms with Gasteiger partial charge in [0.15, 0.2) is 5.82 Å². The van der Waals surface area contributed by atoms with E-state index in [4.69, 9.17) is 9.47 Å². The fourth-order valence-electron chi connectivity index (χ4n) is 5.69. The average molecular weight is 619 g/mol. The van der Waals surface area contributed by atoms with Crippen LogP contribution in [0.5, 0.6) is 11.5 Å². The predicted octanol–water partition coefficient (Wildman–Crippen LogP) is 6.37. The monoisotopic (exact) mass is 618 g/mol. The Labute approximate surface area is 258 Å². The lowest BCUT2D eigenvalue weighted by Gasteiger charge is -2.35. The first-order chi connectivity index (χ1) is 21.7. The van der Waals surface area contributed by atoms with Gasteiger partial charge in [-0.05, 0) is 55.3 Å². The number of rotatable bonds is 9. The minimum Gasteiger partial charge on any atom is -0.497 e. The van der Waals surface area contributed by atoms with Gasteiger partial charge in [-0.25, -0.2) is 9.97 Å². The molecule has 2 N–H and O–H groups in total. The van der Waals surface area contributed by atoms with Crippen LogP contribution in [0.1, 0.15) is 41.3 Å². The maximum Gasteiger partial charge on any atom is 0.451 e. The lowest BCUT2D eigenvalue weighted by atomic mass is 10.1. The fraction of sp³-hybridized carbons (Fsp3) is 0.312. The number of ether oxygens (including phenoxy) is 2. The fourth-order valence-corrected chi connectivity index (χ4v) is 5.69. The second-order valence-electron chi connectivity index (χ2n) is 10.8. The number of methoxy groups -OCH3 is 2. The number of benzene rings is 2. The summed E-state index contributed by atoms with van der Waals surface area (Å²) < 4.78 is 52.0. The largest absolute Gasteiger partial charge is 0.497 e. The van der Waals surface area contributed by atoms with Crippen molar-refractivity contribution in [2.24, 2.45) is 0 Å². The molecule has 0 saturated heterocycles. The van der Waals surface area contributed by atoms with Crippen LogP contribution in [0.2, 0.25) is 0 Å². The van der Waals surface area contributed by atoms with Crippen molar-refractivity contribution < 1.29 is 22.6 Å². The number of hydrogen-bond acceptors (Lipinski definition) is 9. The maximum absolute atomic E-state index is 13.3. The van der Waals surface area contributed by atoms with Gasteiger partial charge in [-0.3, -0.25) is 0 Å². The molecule has 1 aliphatic rings. The number of hydrogen-bond donors (Lipinski definition) is 2. The average Bonchev–Trinajstić information content (AvgIpc) is 3.49. The van der Waals surface area contributed by atoms with E-state index in [1.807, 2.05) is 73.5 Å². The van der Waals surface area contributed by atoms with Gasteiger partial charge in [0.25, 0.3) is 0 Å². The van der Waals surface area contributed by atoms with E-state index in [0.717, 1.165) is 55.0 Å². The van der Waals surface area contributed by atoms with Gasteiger partial charge in [-0.15, -0.1) is 10.2 Å². The van der Waals surface area contributed by atoms with Gasteiger partial charge in [0.05, 0.1) is 20.3 Å². The lowest BCUT2D eigenvalue weighted by Crippen LogP contribution is -2.38. The van der Waals surface area contributed by atoms with Crippen LogP contribution in [0.15, 0.2) is 60.9 Å². The third-order valence-corrected chi connectivity index (χ3v) is 8.15. The number of pyridine rings is 2. The number of nitrogens with one attached hydrogen (secondary N) is 2. The van der Waals surface area contributed by atoms with E-state index in [0.29, 0.717) is 25.5 Å². The normalized spacial score (nSPS) is 14.7. The SMILES string of the molecule is COc1ccc(CNc2nccc3c(NCc4cnc(N5CCn6c(nnc6C(F)(F)F)C5C)cc4C)cccc23)c(OC)c1. The molecule has 1 aliphatic heterocycles. The van der Waals surface area contributed by atoms with Crippen molar-refractivity contribution in [2.75, 3.05) is 36.3 Å². The highest BCUT2D eigenvalue weighted by molar-refractivity contribution is 5.99. The number of nitrogens with zero attached hydrogens (tertiary/aromatic N) is 6. The Bertz CT molecular complexity index is 1840. The van der Waals surface area contributed by atoms with Gasteiger partial charge in [0.1, 0.15) is 23.1 Å². The molecule has 3 aromatic heterocycles. The number of aryl methyl sites for hydroxylation is 1.